The van der Waals surface area contributed by atoms with Crippen LogP contribution < -0.4 is 0 Å². The van der Waals surface area contributed by atoms with Gasteiger partial charge >= 0.3 is 0 Å². The van der Waals surface area contributed by atoms with Gasteiger partial charge in [-0.3, -0.25) is 0 Å². The average molecular weight is 234 g/mol. The maximum absolute atomic E-state index is 9.95. The largest absolute Gasteiger partial charge is 0.508 e. The third kappa shape index (κ3) is 3.01. The summed E-state index contributed by atoms with van der Waals surface area (Å²) in [6.45, 7) is 5.58. The number of benzene rings is 1. The predicted octanol–water partition coefficient (Wildman–Crippen LogP) is 3.44. The highest BCUT2D eigenvalue weighted by molar-refractivity contribution is 5.45. The van der Waals surface area contributed by atoms with Gasteiger partial charge in [0, 0.05) is 12.2 Å². The molecule has 94 valence electrons. The van der Waals surface area contributed by atoms with E-state index >= 15 is 0 Å². The van der Waals surface area contributed by atoms with Crippen molar-refractivity contribution in [3.8, 4) is 5.75 Å². The van der Waals surface area contributed by atoms with Crippen LogP contribution in [0.2, 0.25) is 0 Å². The number of aryl methyl sites for hydroxylation is 1. The van der Waals surface area contributed by atoms with Gasteiger partial charge in [0.05, 0.1) is 6.61 Å². The molecule has 1 aromatic carbocycles. The minimum absolute atomic E-state index is 0.398. The molecule has 0 heterocycles. The van der Waals surface area contributed by atoms with Crippen molar-refractivity contribution in [2.24, 2.45) is 5.92 Å². The Bertz CT molecular complexity index is 383. The van der Waals surface area contributed by atoms with E-state index in [-0.39, 0.29) is 0 Å². The normalized spacial score (nSPS) is 15.0. The number of phenolic OH excluding ortho intramolecular Hbond substituents is 1. The van der Waals surface area contributed by atoms with Crippen molar-refractivity contribution in [3.63, 3.8) is 0 Å². The fourth-order valence-corrected chi connectivity index (χ4v) is 2.45. The van der Waals surface area contributed by atoms with Crippen molar-refractivity contribution < 1.29 is 9.84 Å². The second-order valence-electron chi connectivity index (χ2n) is 5.32. The molecule has 0 radical (unpaired) electrons. The Kier molecular flexibility index (Phi) is 4.06. The molecule has 1 aromatic rings. The molecule has 2 heteroatoms. The highest BCUT2D eigenvalue weighted by Gasteiger charge is 2.16. The molecule has 0 atom stereocenters. The monoisotopic (exact) mass is 234 g/mol. The van der Waals surface area contributed by atoms with Crippen LogP contribution in [0.25, 0.3) is 0 Å². The number of ether oxygens (including phenoxy) is 1. The van der Waals surface area contributed by atoms with E-state index in [0.29, 0.717) is 18.3 Å². The van der Waals surface area contributed by atoms with Crippen LogP contribution in [0.15, 0.2) is 12.1 Å². The van der Waals surface area contributed by atoms with Gasteiger partial charge in [0.2, 0.25) is 0 Å². The van der Waals surface area contributed by atoms with Crippen molar-refractivity contribution in [2.45, 2.75) is 46.1 Å². The zero-order chi connectivity index (χ0) is 12.3. The van der Waals surface area contributed by atoms with Crippen molar-refractivity contribution in [1.29, 1.82) is 0 Å². The van der Waals surface area contributed by atoms with Crippen LogP contribution in [0.3, 0.4) is 0 Å². The zero-order valence-electron chi connectivity index (χ0n) is 10.8. The molecule has 2 rings (SSSR count). The maximum Gasteiger partial charge on any atom is 0.121 e. The summed E-state index contributed by atoms with van der Waals surface area (Å²) in [6.07, 6.45) is 4.73. The standard InChI is InChI=1S/C15H22O2/c1-11(2)9-17-10-14-13-6-4-3-5-12(13)7-8-15(14)16/h7-8,11,16H,3-6,9-10H2,1-2H3. The maximum atomic E-state index is 9.95. The molecule has 1 aliphatic carbocycles. The predicted molar refractivity (Wildman–Crippen MR) is 69.2 cm³/mol. The third-order valence-electron chi connectivity index (χ3n) is 3.32. The Morgan fingerprint density at radius 1 is 1.24 bits per heavy atom. The summed E-state index contributed by atoms with van der Waals surface area (Å²) >= 11 is 0. The molecule has 0 saturated carbocycles. The van der Waals surface area contributed by atoms with E-state index in [2.05, 4.69) is 19.9 Å². The molecule has 1 aliphatic rings. The molecule has 0 amide bonds. The summed E-state index contributed by atoms with van der Waals surface area (Å²) in [5, 5.41) is 9.95. The summed E-state index contributed by atoms with van der Waals surface area (Å²) < 4.78 is 5.67. The van der Waals surface area contributed by atoms with Crippen LogP contribution in [-0.4, -0.2) is 11.7 Å². The summed E-state index contributed by atoms with van der Waals surface area (Å²) in [5.41, 5.74) is 3.75. The van der Waals surface area contributed by atoms with Crippen molar-refractivity contribution in [1.82, 2.24) is 0 Å². The smallest absolute Gasteiger partial charge is 0.121 e. The lowest BCUT2D eigenvalue weighted by Crippen LogP contribution is -2.09. The molecule has 0 aliphatic heterocycles. The fraction of sp³-hybridized carbons (Fsp3) is 0.600. The van der Waals surface area contributed by atoms with Gasteiger partial charge in [-0.15, -0.1) is 0 Å². The third-order valence-corrected chi connectivity index (χ3v) is 3.32. The Hall–Kier alpha value is -1.02. The summed E-state index contributed by atoms with van der Waals surface area (Å²) in [5.74, 6) is 0.936. The van der Waals surface area contributed by atoms with Crippen molar-refractivity contribution >= 4 is 0 Å². The van der Waals surface area contributed by atoms with Gasteiger partial charge in [0.1, 0.15) is 5.75 Å². The second kappa shape index (κ2) is 5.54. The molecule has 0 spiro atoms. The minimum atomic E-state index is 0.398. The van der Waals surface area contributed by atoms with E-state index in [0.717, 1.165) is 25.0 Å². The molecular formula is C15H22O2. The van der Waals surface area contributed by atoms with Crippen LogP contribution >= 0.6 is 0 Å². The zero-order valence-corrected chi connectivity index (χ0v) is 10.8. The first kappa shape index (κ1) is 12.4. The molecule has 17 heavy (non-hydrogen) atoms. The first-order valence-corrected chi connectivity index (χ1v) is 6.59. The number of phenols is 1. The number of hydrogen-bond acceptors (Lipinski definition) is 2. The van der Waals surface area contributed by atoms with Crippen LogP contribution in [0.1, 0.15) is 43.4 Å². The molecule has 0 bridgehead atoms. The van der Waals surface area contributed by atoms with Crippen LogP contribution in [0.5, 0.6) is 5.75 Å². The number of hydrogen-bond donors (Lipinski definition) is 1. The van der Waals surface area contributed by atoms with Crippen LogP contribution in [0, 0.1) is 5.92 Å². The quantitative estimate of drug-likeness (QED) is 0.864. The lowest BCUT2D eigenvalue weighted by molar-refractivity contribution is 0.0949. The lowest BCUT2D eigenvalue weighted by atomic mass is 9.88. The summed E-state index contributed by atoms with van der Waals surface area (Å²) in [7, 11) is 0. The molecule has 0 aromatic heterocycles. The molecule has 1 N–H and O–H groups in total. The van der Waals surface area contributed by atoms with E-state index in [1.807, 2.05) is 6.07 Å². The van der Waals surface area contributed by atoms with Gasteiger partial charge in [0.15, 0.2) is 0 Å². The van der Waals surface area contributed by atoms with Gasteiger partial charge < -0.3 is 9.84 Å². The van der Waals surface area contributed by atoms with Gasteiger partial charge in [-0.1, -0.05) is 19.9 Å². The molecular weight excluding hydrogens is 212 g/mol. The second-order valence-corrected chi connectivity index (χ2v) is 5.32. The van der Waals surface area contributed by atoms with Crippen molar-refractivity contribution in [2.75, 3.05) is 6.61 Å². The number of aromatic hydroxyl groups is 1. The Morgan fingerprint density at radius 2 is 2.00 bits per heavy atom. The van der Waals surface area contributed by atoms with Crippen molar-refractivity contribution in [3.05, 3.63) is 28.8 Å². The van der Waals surface area contributed by atoms with Crippen LogP contribution in [-0.2, 0) is 24.2 Å². The van der Waals surface area contributed by atoms with Gasteiger partial charge in [-0.25, -0.2) is 0 Å². The topological polar surface area (TPSA) is 29.5 Å². The van der Waals surface area contributed by atoms with E-state index in [1.165, 1.54) is 24.0 Å². The van der Waals surface area contributed by atoms with Gasteiger partial charge in [0.25, 0.3) is 0 Å². The highest BCUT2D eigenvalue weighted by atomic mass is 16.5. The summed E-state index contributed by atoms with van der Waals surface area (Å²) in [6, 6.07) is 3.88. The van der Waals surface area contributed by atoms with Gasteiger partial charge in [-0.05, 0) is 48.8 Å². The Labute approximate surface area is 104 Å². The number of fused-ring (bicyclic) bond motifs is 1. The Balaban J connectivity index is 2.14. The molecule has 0 fully saturated rings. The first-order valence-electron chi connectivity index (χ1n) is 6.59. The molecule has 0 unspecified atom stereocenters. The van der Waals surface area contributed by atoms with Crippen LogP contribution in [0.4, 0.5) is 0 Å². The summed E-state index contributed by atoms with van der Waals surface area (Å²) in [4.78, 5) is 0. The molecule has 2 nitrogen and oxygen atoms in total. The SMILES string of the molecule is CC(C)COCc1c(O)ccc2c1CCCC2. The first-order chi connectivity index (χ1) is 8.18. The van der Waals surface area contributed by atoms with E-state index in [9.17, 15) is 5.11 Å². The Morgan fingerprint density at radius 3 is 2.76 bits per heavy atom. The minimum Gasteiger partial charge on any atom is -0.508 e. The van der Waals surface area contributed by atoms with Gasteiger partial charge in [-0.2, -0.15) is 0 Å². The molecule has 0 saturated heterocycles. The van der Waals surface area contributed by atoms with E-state index < -0.39 is 0 Å². The number of rotatable bonds is 4. The fourth-order valence-electron chi connectivity index (χ4n) is 2.45. The van der Waals surface area contributed by atoms with E-state index in [4.69, 9.17) is 4.74 Å². The van der Waals surface area contributed by atoms with E-state index in [1.54, 1.807) is 0 Å². The average Bonchev–Trinajstić information content (AvgIpc) is 2.32. The highest BCUT2D eigenvalue weighted by Crippen LogP contribution is 2.31. The lowest BCUT2D eigenvalue weighted by Gasteiger charge is -2.20.